The van der Waals surface area contributed by atoms with Crippen molar-refractivity contribution in [3.05, 3.63) is 44.9 Å². The normalized spacial score (nSPS) is 12.0. The minimum Gasteiger partial charge on any atom is -0.486 e. The van der Waals surface area contributed by atoms with Crippen molar-refractivity contribution in [1.82, 2.24) is 15.6 Å². The van der Waals surface area contributed by atoms with Crippen LogP contribution in [0.2, 0.25) is 5.02 Å². The highest BCUT2D eigenvalue weighted by atomic mass is 35.5. The number of carbonyl (C=O) groups excluding carboxylic acids is 1. The van der Waals surface area contributed by atoms with Crippen molar-refractivity contribution in [2.75, 3.05) is 13.1 Å². The van der Waals surface area contributed by atoms with E-state index < -0.39 is 0 Å². The van der Waals surface area contributed by atoms with Gasteiger partial charge in [-0.25, -0.2) is 4.98 Å². The molecule has 0 saturated heterocycles. The molecule has 1 aromatic carbocycles. The Labute approximate surface area is 151 Å². The molecule has 0 aliphatic carbocycles. The van der Waals surface area contributed by atoms with Crippen LogP contribution in [0.25, 0.3) is 0 Å². The second-order valence-corrected chi connectivity index (χ2v) is 6.95. The number of nitrogens with one attached hydrogen (secondary N) is 2. The summed E-state index contributed by atoms with van der Waals surface area (Å²) in [5.41, 5.74) is 0.725. The first-order chi connectivity index (χ1) is 11.5. The predicted molar refractivity (Wildman–Crippen MR) is 98.1 cm³/mol. The maximum Gasteiger partial charge on any atom is 0.263 e. The minimum absolute atomic E-state index is 0.0903. The highest BCUT2D eigenvalue weighted by Gasteiger charge is 2.16. The lowest BCUT2D eigenvalue weighted by Gasteiger charge is -2.12. The number of ether oxygens (including phenoxy) is 1. The van der Waals surface area contributed by atoms with Crippen LogP contribution in [-0.4, -0.2) is 30.0 Å². The van der Waals surface area contributed by atoms with E-state index in [4.69, 9.17) is 16.3 Å². The number of nitrogens with zero attached hydrogens (tertiary/aromatic N) is 1. The molecule has 7 heteroatoms. The van der Waals surface area contributed by atoms with E-state index in [1.165, 1.54) is 11.3 Å². The van der Waals surface area contributed by atoms with Crippen molar-refractivity contribution in [2.45, 2.75) is 33.4 Å². The van der Waals surface area contributed by atoms with E-state index in [1.807, 2.05) is 20.8 Å². The number of hydrogen-bond donors (Lipinski definition) is 2. The zero-order chi connectivity index (χ0) is 17.5. The van der Waals surface area contributed by atoms with Crippen LogP contribution in [0.5, 0.6) is 5.75 Å². The molecule has 2 aromatic rings. The van der Waals surface area contributed by atoms with Gasteiger partial charge in [0.2, 0.25) is 0 Å². The van der Waals surface area contributed by atoms with E-state index in [9.17, 15) is 4.79 Å². The molecule has 5 nitrogen and oxygen atoms in total. The number of halogens is 1. The molecule has 0 bridgehead atoms. The quantitative estimate of drug-likeness (QED) is 0.750. The van der Waals surface area contributed by atoms with Gasteiger partial charge in [0.05, 0.1) is 5.69 Å². The van der Waals surface area contributed by atoms with Gasteiger partial charge >= 0.3 is 0 Å². The van der Waals surface area contributed by atoms with Gasteiger partial charge in [-0.05, 0) is 44.7 Å². The van der Waals surface area contributed by atoms with Gasteiger partial charge in [0.1, 0.15) is 22.2 Å². The molecule has 0 saturated carbocycles. The summed E-state index contributed by atoms with van der Waals surface area (Å²) in [7, 11) is 0. The van der Waals surface area contributed by atoms with E-state index >= 15 is 0 Å². The number of carbonyl (C=O) groups is 1. The van der Waals surface area contributed by atoms with Gasteiger partial charge in [-0.15, -0.1) is 11.3 Å². The fraction of sp³-hybridized carbons (Fsp3) is 0.412. The number of likely N-dealkylation sites (N-methyl/N-ethyl adjacent to an activating group) is 1. The Balaban J connectivity index is 1.91. The smallest absolute Gasteiger partial charge is 0.263 e. The molecular weight excluding hydrogens is 346 g/mol. The Morgan fingerprint density at radius 2 is 2.08 bits per heavy atom. The van der Waals surface area contributed by atoms with Crippen LogP contribution in [0, 0.1) is 6.92 Å². The van der Waals surface area contributed by atoms with Crippen molar-refractivity contribution < 1.29 is 9.53 Å². The number of aromatic nitrogens is 1. The summed E-state index contributed by atoms with van der Waals surface area (Å²) in [6.45, 7) is 7.70. The van der Waals surface area contributed by atoms with Crippen LogP contribution < -0.4 is 15.4 Å². The molecule has 1 amide bonds. The molecule has 24 heavy (non-hydrogen) atoms. The van der Waals surface area contributed by atoms with Crippen molar-refractivity contribution in [2.24, 2.45) is 0 Å². The summed E-state index contributed by atoms with van der Waals surface area (Å²) < 4.78 is 5.67. The molecule has 0 unspecified atom stereocenters. The molecule has 0 spiro atoms. The molecule has 1 heterocycles. The van der Waals surface area contributed by atoms with Crippen LogP contribution in [0.1, 0.15) is 34.2 Å². The monoisotopic (exact) mass is 367 g/mol. The number of hydrogen-bond acceptors (Lipinski definition) is 5. The van der Waals surface area contributed by atoms with E-state index in [1.54, 1.807) is 24.3 Å². The number of benzene rings is 1. The van der Waals surface area contributed by atoms with E-state index in [0.717, 1.165) is 23.0 Å². The van der Waals surface area contributed by atoms with Gasteiger partial charge in [-0.3, -0.25) is 4.79 Å². The van der Waals surface area contributed by atoms with Crippen LogP contribution in [0.3, 0.4) is 0 Å². The number of thiazole rings is 1. The molecule has 0 aliphatic heterocycles. The van der Waals surface area contributed by atoms with Crippen LogP contribution in [0.15, 0.2) is 24.3 Å². The lowest BCUT2D eigenvalue weighted by atomic mass is 10.3. The number of aryl methyl sites for hydroxylation is 1. The van der Waals surface area contributed by atoms with Crippen molar-refractivity contribution in [1.29, 1.82) is 0 Å². The fourth-order valence-corrected chi connectivity index (χ4v) is 3.17. The lowest BCUT2D eigenvalue weighted by molar-refractivity contribution is 0.0953. The molecule has 0 fully saturated rings. The summed E-state index contributed by atoms with van der Waals surface area (Å²) in [5.74, 6) is 0.630. The minimum atomic E-state index is -0.0903. The first kappa shape index (κ1) is 18.7. The first-order valence-electron chi connectivity index (χ1n) is 7.85. The molecule has 2 N–H and O–H groups in total. The highest BCUT2D eigenvalue weighted by Crippen LogP contribution is 2.21. The third-order valence-electron chi connectivity index (χ3n) is 3.34. The van der Waals surface area contributed by atoms with Gasteiger partial charge in [-0.1, -0.05) is 18.5 Å². The zero-order valence-corrected chi connectivity index (χ0v) is 15.6. The summed E-state index contributed by atoms with van der Waals surface area (Å²) >= 11 is 7.21. The zero-order valence-electron chi connectivity index (χ0n) is 14.1. The van der Waals surface area contributed by atoms with Crippen LogP contribution in [-0.2, 0) is 6.61 Å². The SMILES string of the molecule is CCN[C@H](C)CNC(=O)c1sc(COc2ccc(Cl)cc2)nc1C. The molecule has 130 valence electrons. The first-order valence-corrected chi connectivity index (χ1v) is 9.05. The largest absolute Gasteiger partial charge is 0.486 e. The predicted octanol–water partition coefficient (Wildman–Crippen LogP) is 3.41. The van der Waals surface area contributed by atoms with E-state index in [2.05, 4.69) is 15.6 Å². The number of rotatable bonds is 8. The van der Waals surface area contributed by atoms with Crippen molar-refractivity contribution in [3.63, 3.8) is 0 Å². The second-order valence-electron chi connectivity index (χ2n) is 5.43. The third kappa shape index (κ3) is 5.47. The maximum atomic E-state index is 12.3. The molecular formula is C17H22ClN3O2S. The van der Waals surface area contributed by atoms with E-state index in [-0.39, 0.29) is 11.9 Å². The van der Waals surface area contributed by atoms with Crippen LogP contribution in [0.4, 0.5) is 0 Å². The molecule has 1 atom stereocenters. The molecule has 0 radical (unpaired) electrons. The van der Waals surface area contributed by atoms with Crippen LogP contribution >= 0.6 is 22.9 Å². The Kier molecular flexibility index (Phi) is 7.02. The van der Waals surface area contributed by atoms with Gasteiger partial charge in [0, 0.05) is 17.6 Å². The average Bonchev–Trinajstić information content (AvgIpc) is 2.93. The van der Waals surface area contributed by atoms with Crippen molar-refractivity contribution in [3.8, 4) is 5.75 Å². The lowest BCUT2D eigenvalue weighted by Crippen LogP contribution is -2.38. The highest BCUT2D eigenvalue weighted by molar-refractivity contribution is 7.13. The molecule has 2 rings (SSSR count). The summed E-state index contributed by atoms with van der Waals surface area (Å²) in [6, 6.07) is 7.39. The second kappa shape index (κ2) is 9.01. The van der Waals surface area contributed by atoms with Gasteiger partial charge in [0.15, 0.2) is 0 Å². The Morgan fingerprint density at radius 3 is 2.75 bits per heavy atom. The summed E-state index contributed by atoms with van der Waals surface area (Å²) in [6.07, 6.45) is 0. The van der Waals surface area contributed by atoms with Gasteiger partial charge in [0.25, 0.3) is 5.91 Å². The third-order valence-corrected chi connectivity index (χ3v) is 4.73. The maximum absolute atomic E-state index is 12.3. The summed E-state index contributed by atoms with van der Waals surface area (Å²) in [4.78, 5) is 17.3. The van der Waals surface area contributed by atoms with Gasteiger partial charge < -0.3 is 15.4 Å². The van der Waals surface area contributed by atoms with Crippen molar-refractivity contribution >= 4 is 28.8 Å². The number of amides is 1. The van der Waals surface area contributed by atoms with E-state index in [0.29, 0.717) is 23.1 Å². The topological polar surface area (TPSA) is 63.2 Å². The molecule has 1 aromatic heterocycles. The molecule has 0 aliphatic rings. The fourth-order valence-electron chi connectivity index (χ4n) is 2.15. The Hall–Kier alpha value is -1.63. The van der Waals surface area contributed by atoms with Gasteiger partial charge in [-0.2, -0.15) is 0 Å². The standard InChI is InChI=1S/C17H22ClN3O2S/c1-4-19-11(2)9-20-17(22)16-12(3)21-15(24-16)10-23-14-7-5-13(18)6-8-14/h5-8,11,19H,4,9-10H2,1-3H3,(H,20,22)/t11-/m1/s1. The summed E-state index contributed by atoms with van der Waals surface area (Å²) in [5, 5.41) is 7.63. The Morgan fingerprint density at radius 1 is 1.38 bits per heavy atom. The Bertz CT molecular complexity index is 673. The average molecular weight is 368 g/mol.